The third kappa shape index (κ3) is 4.20. The Kier molecular flexibility index (Phi) is 5.45. The van der Waals surface area contributed by atoms with E-state index in [1.165, 1.54) is 12.8 Å². The van der Waals surface area contributed by atoms with Gasteiger partial charge in [-0.3, -0.25) is 10.00 Å². The number of rotatable bonds is 7. The zero-order chi connectivity index (χ0) is 21.2. The molecule has 0 bridgehead atoms. The minimum Gasteiger partial charge on any atom is -0.475 e. The predicted octanol–water partition coefficient (Wildman–Crippen LogP) is 2.33. The second kappa shape index (κ2) is 8.53. The molecule has 2 aliphatic rings. The molecule has 3 heterocycles. The Morgan fingerprint density at radius 2 is 2.03 bits per heavy atom. The highest BCUT2D eigenvalue weighted by molar-refractivity contribution is 5.93. The number of fused-ring (bicyclic) bond motifs is 1. The molecule has 1 saturated carbocycles. The zero-order valence-corrected chi connectivity index (χ0v) is 17.6. The minimum absolute atomic E-state index is 0.329. The van der Waals surface area contributed by atoms with Gasteiger partial charge < -0.3 is 14.4 Å². The quantitative estimate of drug-likeness (QED) is 0.590. The SMILES string of the molecule is C#C[C@@H](COC)Oc1ccc2[nH]nc(-c3cc(N4CCN(C5CC5)CC4)ncn3)c2c1. The molecule has 1 saturated heterocycles. The van der Waals surface area contributed by atoms with Gasteiger partial charge in [0, 0.05) is 50.8 Å². The van der Waals surface area contributed by atoms with Gasteiger partial charge in [-0.1, -0.05) is 5.92 Å². The van der Waals surface area contributed by atoms with Gasteiger partial charge in [0.05, 0.1) is 17.8 Å². The first-order valence-corrected chi connectivity index (χ1v) is 10.7. The van der Waals surface area contributed by atoms with E-state index in [4.69, 9.17) is 15.9 Å². The van der Waals surface area contributed by atoms with E-state index in [0.29, 0.717) is 12.4 Å². The smallest absolute Gasteiger partial charge is 0.182 e. The summed E-state index contributed by atoms with van der Waals surface area (Å²) in [4.78, 5) is 13.9. The molecule has 8 nitrogen and oxygen atoms in total. The van der Waals surface area contributed by atoms with E-state index in [2.05, 4.69) is 35.9 Å². The molecule has 31 heavy (non-hydrogen) atoms. The van der Waals surface area contributed by atoms with Crippen molar-refractivity contribution in [2.45, 2.75) is 25.0 Å². The fraction of sp³-hybridized carbons (Fsp3) is 0.435. The van der Waals surface area contributed by atoms with Crippen LogP contribution in [0, 0.1) is 12.3 Å². The lowest BCUT2D eigenvalue weighted by Crippen LogP contribution is -2.47. The van der Waals surface area contributed by atoms with Crippen molar-refractivity contribution in [2.75, 3.05) is 44.8 Å². The number of ether oxygens (including phenoxy) is 2. The van der Waals surface area contributed by atoms with Gasteiger partial charge in [-0.15, -0.1) is 6.42 Å². The number of hydrogen-bond acceptors (Lipinski definition) is 7. The number of methoxy groups -OCH3 is 1. The third-order valence-corrected chi connectivity index (χ3v) is 5.91. The van der Waals surface area contributed by atoms with Crippen molar-refractivity contribution in [2.24, 2.45) is 0 Å². The number of nitrogens with zero attached hydrogens (tertiary/aromatic N) is 5. The second-order valence-corrected chi connectivity index (χ2v) is 8.02. The van der Waals surface area contributed by atoms with Gasteiger partial charge in [0.25, 0.3) is 0 Å². The Bertz CT molecular complexity index is 1090. The summed E-state index contributed by atoms with van der Waals surface area (Å²) in [5.41, 5.74) is 2.46. The largest absolute Gasteiger partial charge is 0.475 e. The summed E-state index contributed by atoms with van der Waals surface area (Å²) >= 11 is 0. The summed E-state index contributed by atoms with van der Waals surface area (Å²) in [7, 11) is 1.60. The van der Waals surface area contributed by atoms with E-state index in [-0.39, 0.29) is 0 Å². The summed E-state index contributed by atoms with van der Waals surface area (Å²) in [5.74, 6) is 4.21. The van der Waals surface area contributed by atoms with Crippen LogP contribution in [-0.4, -0.2) is 77.1 Å². The van der Waals surface area contributed by atoms with Crippen molar-refractivity contribution in [1.29, 1.82) is 0 Å². The number of benzene rings is 1. The summed E-state index contributed by atoms with van der Waals surface area (Å²) in [6.45, 7) is 4.48. The molecule has 0 spiro atoms. The van der Waals surface area contributed by atoms with Gasteiger partial charge in [-0.2, -0.15) is 5.10 Å². The molecular formula is C23H26N6O2. The molecule has 160 valence electrons. The molecule has 1 aliphatic carbocycles. The average molecular weight is 419 g/mol. The number of hydrogen-bond donors (Lipinski definition) is 1. The number of piperazine rings is 1. The normalized spacial score (nSPS) is 18.1. The Morgan fingerprint density at radius 1 is 1.19 bits per heavy atom. The maximum Gasteiger partial charge on any atom is 0.182 e. The molecule has 0 radical (unpaired) electrons. The second-order valence-electron chi connectivity index (χ2n) is 8.02. The number of terminal acetylenes is 1. The molecule has 2 aromatic heterocycles. The van der Waals surface area contributed by atoms with Crippen molar-refractivity contribution in [3.05, 3.63) is 30.6 Å². The monoisotopic (exact) mass is 418 g/mol. The van der Waals surface area contributed by atoms with E-state index in [1.807, 2.05) is 24.3 Å². The van der Waals surface area contributed by atoms with Gasteiger partial charge >= 0.3 is 0 Å². The van der Waals surface area contributed by atoms with E-state index < -0.39 is 6.10 Å². The van der Waals surface area contributed by atoms with Gasteiger partial charge in [-0.25, -0.2) is 9.97 Å². The van der Waals surface area contributed by atoms with E-state index in [0.717, 1.165) is 60.3 Å². The number of aromatic nitrogens is 4. The number of aromatic amines is 1. The first-order chi connectivity index (χ1) is 15.2. The predicted molar refractivity (Wildman–Crippen MR) is 119 cm³/mol. The van der Waals surface area contributed by atoms with Crippen LogP contribution in [0.5, 0.6) is 5.75 Å². The highest BCUT2D eigenvalue weighted by Crippen LogP contribution is 2.31. The number of H-pyrrole nitrogens is 1. The molecule has 1 N–H and O–H groups in total. The molecule has 0 amide bonds. The Labute approximate surface area is 181 Å². The maximum absolute atomic E-state index is 5.88. The molecule has 3 aromatic rings. The lowest BCUT2D eigenvalue weighted by molar-refractivity contribution is 0.113. The topological polar surface area (TPSA) is 79.4 Å². The van der Waals surface area contributed by atoms with Gasteiger partial charge in [0.15, 0.2) is 6.10 Å². The summed E-state index contributed by atoms with van der Waals surface area (Å²) in [5, 5.41) is 8.51. The van der Waals surface area contributed by atoms with Crippen molar-refractivity contribution < 1.29 is 9.47 Å². The first kappa shape index (κ1) is 19.8. The van der Waals surface area contributed by atoms with Crippen LogP contribution in [0.25, 0.3) is 22.3 Å². The highest BCUT2D eigenvalue weighted by Gasteiger charge is 2.31. The highest BCUT2D eigenvalue weighted by atomic mass is 16.5. The van der Waals surface area contributed by atoms with Crippen LogP contribution in [0.15, 0.2) is 30.6 Å². The lowest BCUT2D eigenvalue weighted by Gasteiger charge is -2.35. The summed E-state index contributed by atoms with van der Waals surface area (Å²) in [6, 6.07) is 8.57. The fourth-order valence-corrected chi connectivity index (χ4v) is 4.10. The average Bonchev–Trinajstić information content (AvgIpc) is 3.58. The van der Waals surface area contributed by atoms with E-state index in [1.54, 1.807) is 13.4 Å². The van der Waals surface area contributed by atoms with Crippen molar-refractivity contribution in [1.82, 2.24) is 25.1 Å². The van der Waals surface area contributed by atoms with Crippen molar-refractivity contribution in [3.63, 3.8) is 0 Å². The number of anilines is 1. The first-order valence-electron chi connectivity index (χ1n) is 10.7. The number of nitrogens with one attached hydrogen (secondary N) is 1. The van der Waals surface area contributed by atoms with Gasteiger partial charge in [0.2, 0.25) is 0 Å². The minimum atomic E-state index is -0.447. The van der Waals surface area contributed by atoms with Crippen LogP contribution < -0.4 is 9.64 Å². The van der Waals surface area contributed by atoms with E-state index in [9.17, 15) is 0 Å². The fourth-order valence-electron chi connectivity index (χ4n) is 4.10. The lowest BCUT2D eigenvalue weighted by atomic mass is 10.1. The van der Waals surface area contributed by atoms with E-state index >= 15 is 0 Å². The van der Waals surface area contributed by atoms with Crippen molar-refractivity contribution >= 4 is 16.7 Å². The Morgan fingerprint density at radius 3 is 2.77 bits per heavy atom. The zero-order valence-electron chi connectivity index (χ0n) is 17.6. The molecule has 2 fully saturated rings. The van der Waals surface area contributed by atoms with Gasteiger partial charge in [-0.05, 0) is 31.0 Å². The standard InChI is InChI=1S/C23H26N6O2/c1-3-17(14-30-2)31-18-6-7-20-19(12-18)23(27-26-20)21-13-22(25-15-24-21)29-10-8-28(9-11-29)16-4-5-16/h1,6-7,12-13,15-17H,4-5,8-11,14H2,2H3,(H,26,27)/t17-/m0/s1. The molecule has 0 unspecified atom stereocenters. The molecule has 8 heteroatoms. The van der Waals surface area contributed by atoms with Crippen LogP contribution in [-0.2, 0) is 4.74 Å². The van der Waals surface area contributed by atoms with Gasteiger partial charge in [0.1, 0.15) is 23.6 Å². The molecule has 1 aromatic carbocycles. The van der Waals surface area contributed by atoms with Crippen LogP contribution in [0.3, 0.4) is 0 Å². The van der Waals surface area contributed by atoms with Crippen LogP contribution >= 0.6 is 0 Å². The van der Waals surface area contributed by atoms with Crippen molar-refractivity contribution in [3.8, 4) is 29.5 Å². The van der Waals surface area contributed by atoms with Crippen LogP contribution in [0.2, 0.25) is 0 Å². The molecule has 5 rings (SSSR count). The maximum atomic E-state index is 5.88. The Balaban J connectivity index is 1.38. The third-order valence-electron chi connectivity index (χ3n) is 5.91. The molecule has 1 atom stereocenters. The summed E-state index contributed by atoms with van der Waals surface area (Å²) in [6.07, 6.45) is 9.41. The van der Waals surface area contributed by atoms with Crippen LogP contribution in [0.4, 0.5) is 5.82 Å². The Hall–Kier alpha value is -3.15. The molecular weight excluding hydrogens is 392 g/mol. The van der Waals surface area contributed by atoms with Crippen LogP contribution in [0.1, 0.15) is 12.8 Å². The summed E-state index contributed by atoms with van der Waals surface area (Å²) < 4.78 is 11.0. The molecule has 1 aliphatic heterocycles.